The highest BCUT2D eigenvalue weighted by molar-refractivity contribution is 7.12. The van der Waals surface area contributed by atoms with E-state index in [1.807, 2.05) is 49.6 Å². The molecule has 2 aromatic carbocycles. The molecule has 8 heteroatoms. The van der Waals surface area contributed by atoms with Crippen molar-refractivity contribution in [3.63, 3.8) is 0 Å². The Morgan fingerprint density at radius 3 is 2.41 bits per heavy atom. The molecule has 164 valence electrons. The molecule has 0 saturated carbocycles. The van der Waals surface area contributed by atoms with E-state index >= 15 is 0 Å². The first-order valence-electron chi connectivity index (χ1n) is 10.3. The lowest BCUT2D eigenvalue weighted by molar-refractivity contribution is -0.118. The molecule has 2 aromatic heterocycles. The van der Waals surface area contributed by atoms with Crippen LogP contribution in [0.4, 0.5) is 5.82 Å². The third-order valence-corrected chi connectivity index (χ3v) is 5.44. The third-order valence-electron chi connectivity index (χ3n) is 4.62. The SMILES string of the molecule is CCOc1ccc(OCC(=O)Nc2cc(C)nn2-c2nc(-c3ccc(C)cc3)cs2)cc1. The molecule has 1 N–H and O–H groups in total. The van der Waals surface area contributed by atoms with E-state index in [-0.39, 0.29) is 12.5 Å². The Balaban J connectivity index is 1.43. The van der Waals surface area contributed by atoms with E-state index in [0.29, 0.717) is 23.3 Å². The predicted octanol–water partition coefficient (Wildman–Crippen LogP) is 5.03. The highest BCUT2D eigenvalue weighted by Gasteiger charge is 2.15. The van der Waals surface area contributed by atoms with Crippen molar-refractivity contribution in [2.45, 2.75) is 20.8 Å². The van der Waals surface area contributed by atoms with Crippen LogP contribution in [0, 0.1) is 13.8 Å². The molecule has 4 rings (SSSR count). The number of thiazole rings is 1. The van der Waals surface area contributed by atoms with Crippen LogP contribution in [0.2, 0.25) is 0 Å². The number of hydrogen-bond acceptors (Lipinski definition) is 6. The zero-order valence-corrected chi connectivity index (χ0v) is 19.0. The van der Waals surface area contributed by atoms with Gasteiger partial charge in [-0.2, -0.15) is 9.78 Å². The van der Waals surface area contributed by atoms with E-state index in [4.69, 9.17) is 14.5 Å². The summed E-state index contributed by atoms with van der Waals surface area (Å²) in [6, 6.07) is 17.2. The predicted molar refractivity (Wildman–Crippen MR) is 126 cm³/mol. The summed E-state index contributed by atoms with van der Waals surface area (Å²) in [7, 11) is 0. The quantitative estimate of drug-likeness (QED) is 0.409. The Kier molecular flexibility index (Phi) is 6.51. The average Bonchev–Trinajstić information content (AvgIpc) is 3.41. The van der Waals surface area contributed by atoms with Crippen molar-refractivity contribution in [3.05, 3.63) is 71.2 Å². The summed E-state index contributed by atoms with van der Waals surface area (Å²) >= 11 is 1.47. The maximum absolute atomic E-state index is 12.5. The van der Waals surface area contributed by atoms with Crippen LogP contribution < -0.4 is 14.8 Å². The van der Waals surface area contributed by atoms with Gasteiger partial charge in [0.2, 0.25) is 5.13 Å². The standard InChI is InChI=1S/C24H24N4O3S/c1-4-30-19-9-11-20(12-10-19)31-14-23(29)26-22-13-17(3)27-28(22)24-25-21(15-32-24)18-7-5-16(2)6-8-18/h5-13,15H,4,14H2,1-3H3,(H,26,29). The van der Waals surface area contributed by atoms with Crippen LogP contribution >= 0.6 is 11.3 Å². The summed E-state index contributed by atoms with van der Waals surface area (Å²) in [4.78, 5) is 17.2. The monoisotopic (exact) mass is 448 g/mol. The normalized spacial score (nSPS) is 10.7. The summed E-state index contributed by atoms with van der Waals surface area (Å²) in [6.07, 6.45) is 0. The molecule has 0 aliphatic rings. The van der Waals surface area contributed by atoms with Gasteiger partial charge in [-0.3, -0.25) is 4.79 Å². The van der Waals surface area contributed by atoms with E-state index in [1.54, 1.807) is 16.8 Å². The molecule has 0 radical (unpaired) electrons. The van der Waals surface area contributed by atoms with Gasteiger partial charge >= 0.3 is 0 Å². The molecule has 0 aliphatic heterocycles. The first-order chi connectivity index (χ1) is 15.5. The molecule has 0 saturated heterocycles. The highest BCUT2D eigenvalue weighted by Crippen LogP contribution is 2.26. The lowest BCUT2D eigenvalue weighted by atomic mass is 10.1. The minimum Gasteiger partial charge on any atom is -0.494 e. The Morgan fingerprint density at radius 2 is 1.72 bits per heavy atom. The minimum atomic E-state index is -0.282. The second-order valence-corrected chi connectivity index (χ2v) is 8.04. The number of hydrogen-bond donors (Lipinski definition) is 1. The maximum atomic E-state index is 12.5. The van der Waals surface area contributed by atoms with Crippen molar-refractivity contribution < 1.29 is 14.3 Å². The van der Waals surface area contributed by atoms with Gasteiger partial charge in [-0.05, 0) is 45.0 Å². The van der Waals surface area contributed by atoms with Gasteiger partial charge in [-0.1, -0.05) is 29.8 Å². The molecular formula is C24H24N4O3S. The molecule has 0 atom stereocenters. The van der Waals surface area contributed by atoms with E-state index < -0.39 is 0 Å². The second kappa shape index (κ2) is 9.65. The van der Waals surface area contributed by atoms with Crippen molar-refractivity contribution in [1.82, 2.24) is 14.8 Å². The second-order valence-electron chi connectivity index (χ2n) is 7.21. The topological polar surface area (TPSA) is 78.3 Å². The van der Waals surface area contributed by atoms with Gasteiger partial charge < -0.3 is 14.8 Å². The number of nitrogens with zero attached hydrogens (tertiary/aromatic N) is 3. The fourth-order valence-corrected chi connectivity index (χ4v) is 3.88. The number of benzene rings is 2. The number of ether oxygens (including phenoxy) is 2. The minimum absolute atomic E-state index is 0.120. The van der Waals surface area contributed by atoms with E-state index in [2.05, 4.69) is 29.5 Å². The molecule has 0 spiro atoms. The van der Waals surface area contributed by atoms with Crippen LogP contribution in [0.5, 0.6) is 11.5 Å². The molecule has 2 heterocycles. The van der Waals surface area contributed by atoms with Gasteiger partial charge in [-0.15, -0.1) is 11.3 Å². The largest absolute Gasteiger partial charge is 0.494 e. The summed E-state index contributed by atoms with van der Waals surface area (Å²) in [6.45, 7) is 6.33. The fourth-order valence-electron chi connectivity index (χ4n) is 3.08. The van der Waals surface area contributed by atoms with Crippen molar-refractivity contribution in [1.29, 1.82) is 0 Å². The van der Waals surface area contributed by atoms with Gasteiger partial charge in [0.15, 0.2) is 6.61 Å². The van der Waals surface area contributed by atoms with Crippen LogP contribution in [0.25, 0.3) is 16.4 Å². The van der Waals surface area contributed by atoms with Crippen molar-refractivity contribution in [2.24, 2.45) is 0 Å². The summed E-state index contributed by atoms with van der Waals surface area (Å²) in [5.74, 6) is 1.62. The lowest BCUT2D eigenvalue weighted by Gasteiger charge is -2.09. The molecule has 0 unspecified atom stereocenters. The molecular weight excluding hydrogens is 424 g/mol. The number of aromatic nitrogens is 3. The van der Waals surface area contributed by atoms with Crippen LogP contribution in [-0.2, 0) is 4.79 Å². The zero-order chi connectivity index (χ0) is 22.5. The Morgan fingerprint density at radius 1 is 1.03 bits per heavy atom. The number of carbonyl (C=O) groups excluding carboxylic acids is 1. The Bertz CT molecular complexity index is 1200. The van der Waals surface area contributed by atoms with Gasteiger partial charge in [0.25, 0.3) is 5.91 Å². The highest BCUT2D eigenvalue weighted by atomic mass is 32.1. The smallest absolute Gasteiger partial charge is 0.263 e. The van der Waals surface area contributed by atoms with Crippen molar-refractivity contribution >= 4 is 23.1 Å². The van der Waals surface area contributed by atoms with Crippen LogP contribution in [-0.4, -0.2) is 33.9 Å². The lowest BCUT2D eigenvalue weighted by Crippen LogP contribution is -2.21. The molecule has 1 amide bonds. The number of carbonyl (C=O) groups is 1. The van der Waals surface area contributed by atoms with Gasteiger partial charge in [0.05, 0.1) is 18.0 Å². The van der Waals surface area contributed by atoms with Crippen molar-refractivity contribution in [2.75, 3.05) is 18.5 Å². The van der Waals surface area contributed by atoms with Gasteiger partial charge in [-0.25, -0.2) is 4.98 Å². The molecule has 7 nitrogen and oxygen atoms in total. The van der Waals surface area contributed by atoms with Crippen LogP contribution in [0.3, 0.4) is 0 Å². The molecule has 32 heavy (non-hydrogen) atoms. The summed E-state index contributed by atoms with van der Waals surface area (Å²) in [5.41, 5.74) is 3.88. The fraction of sp³-hybridized carbons (Fsp3) is 0.208. The first-order valence-corrected chi connectivity index (χ1v) is 11.1. The van der Waals surface area contributed by atoms with E-state index in [9.17, 15) is 4.79 Å². The molecule has 4 aromatic rings. The Labute approximate surface area is 190 Å². The van der Waals surface area contributed by atoms with Gasteiger partial charge in [0.1, 0.15) is 17.3 Å². The zero-order valence-electron chi connectivity index (χ0n) is 18.2. The van der Waals surface area contributed by atoms with Gasteiger partial charge in [0, 0.05) is 17.0 Å². The Hall–Kier alpha value is -3.65. The number of aryl methyl sites for hydroxylation is 2. The maximum Gasteiger partial charge on any atom is 0.263 e. The van der Waals surface area contributed by atoms with Crippen molar-refractivity contribution in [3.8, 4) is 27.9 Å². The summed E-state index contributed by atoms with van der Waals surface area (Å²) in [5, 5.41) is 10.0. The number of rotatable bonds is 8. The summed E-state index contributed by atoms with van der Waals surface area (Å²) < 4.78 is 12.6. The van der Waals surface area contributed by atoms with E-state index in [0.717, 1.165) is 22.7 Å². The van der Waals surface area contributed by atoms with Crippen LogP contribution in [0.15, 0.2) is 60.0 Å². The average molecular weight is 449 g/mol. The van der Waals surface area contributed by atoms with Crippen LogP contribution in [0.1, 0.15) is 18.2 Å². The number of anilines is 1. The molecule has 0 fully saturated rings. The third kappa shape index (κ3) is 5.15. The number of amides is 1. The molecule has 0 bridgehead atoms. The van der Waals surface area contributed by atoms with E-state index in [1.165, 1.54) is 16.9 Å². The first kappa shape index (κ1) is 21.6. The number of nitrogens with one attached hydrogen (secondary N) is 1. The molecule has 0 aliphatic carbocycles.